The highest BCUT2D eigenvalue weighted by Crippen LogP contribution is 2.13. The molecule has 1 aromatic rings. The standard InChI is InChI=1S/C8H10FNO/c1-5-3-7(6(2)11)4-10-8(5)9/h3-4,6,11H,1-2H3. The minimum absolute atomic E-state index is 0.461. The van der Waals surface area contributed by atoms with Gasteiger partial charge in [-0.05, 0) is 25.5 Å². The van der Waals surface area contributed by atoms with Crippen LogP contribution in [0.3, 0.4) is 0 Å². The van der Waals surface area contributed by atoms with E-state index in [4.69, 9.17) is 5.11 Å². The number of aryl methyl sites for hydroxylation is 1. The van der Waals surface area contributed by atoms with E-state index < -0.39 is 12.1 Å². The van der Waals surface area contributed by atoms with Crippen molar-refractivity contribution in [1.29, 1.82) is 0 Å². The lowest BCUT2D eigenvalue weighted by atomic mass is 10.1. The first-order chi connectivity index (χ1) is 5.11. The minimum Gasteiger partial charge on any atom is -0.389 e. The van der Waals surface area contributed by atoms with E-state index in [1.54, 1.807) is 19.9 Å². The molecule has 0 aliphatic rings. The van der Waals surface area contributed by atoms with Gasteiger partial charge in [-0.3, -0.25) is 0 Å². The second-order valence-electron chi connectivity index (χ2n) is 2.55. The largest absolute Gasteiger partial charge is 0.389 e. The molecular weight excluding hydrogens is 145 g/mol. The van der Waals surface area contributed by atoms with Crippen molar-refractivity contribution in [3.05, 3.63) is 29.3 Å². The molecule has 3 heteroatoms. The molecular formula is C8H10FNO. The summed E-state index contributed by atoms with van der Waals surface area (Å²) in [5, 5.41) is 9.08. The van der Waals surface area contributed by atoms with Crippen LogP contribution in [0.4, 0.5) is 4.39 Å². The number of aliphatic hydroxyl groups excluding tert-OH is 1. The molecule has 1 atom stereocenters. The molecule has 2 nitrogen and oxygen atoms in total. The minimum atomic E-state index is -0.582. The van der Waals surface area contributed by atoms with E-state index in [1.165, 1.54) is 6.20 Å². The third kappa shape index (κ3) is 1.74. The van der Waals surface area contributed by atoms with Gasteiger partial charge in [0.15, 0.2) is 0 Å². The smallest absolute Gasteiger partial charge is 0.215 e. The van der Waals surface area contributed by atoms with Crippen LogP contribution in [0.2, 0.25) is 0 Å². The molecule has 0 saturated carbocycles. The van der Waals surface area contributed by atoms with E-state index >= 15 is 0 Å². The summed E-state index contributed by atoms with van der Waals surface area (Å²) >= 11 is 0. The number of nitrogens with zero attached hydrogens (tertiary/aromatic N) is 1. The van der Waals surface area contributed by atoms with E-state index in [0.717, 1.165) is 0 Å². The molecule has 0 fully saturated rings. The fourth-order valence-corrected chi connectivity index (χ4v) is 0.808. The molecule has 0 radical (unpaired) electrons. The first-order valence-electron chi connectivity index (χ1n) is 3.41. The highest BCUT2D eigenvalue weighted by atomic mass is 19.1. The molecule has 0 spiro atoms. The van der Waals surface area contributed by atoms with Gasteiger partial charge in [0.05, 0.1) is 6.10 Å². The van der Waals surface area contributed by atoms with Gasteiger partial charge >= 0.3 is 0 Å². The highest BCUT2D eigenvalue weighted by molar-refractivity contribution is 5.19. The van der Waals surface area contributed by atoms with Gasteiger partial charge < -0.3 is 5.11 Å². The van der Waals surface area contributed by atoms with Gasteiger partial charge in [0.1, 0.15) is 0 Å². The quantitative estimate of drug-likeness (QED) is 0.624. The van der Waals surface area contributed by atoms with Crippen molar-refractivity contribution in [2.45, 2.75) is 20.0 Å². The van der Waals surface area contributed by atoms with Crippen molar-refractivity contribution < 1.29 is 9.50 Å². The Morgan fingerprint density at radius 2 is 2.27 bits per heavy atom. The Labute approximate surface area is 64.7 Å². The number of rotatable bonds is 1. The van der Waals surface area contributed by atoms with Crippen molar-refractivity contribution in [3.63, 3.8) is 0 Å². The van der Waals surface area contributed by atoms with Crippen LogP contribution in [0, 0.1) is 12.9 Å². The Bertz CT molecular complexity index is 260. The zero-order valence-electron chi connectivity index (χ0n) is 6.50. The molecule has 1 rings (SSSR count). The van der Waals surface area contributed by atoms with E-state index in [-0.39, 0.29) is 0 Å². The third-order valence-electron chi connectivity index (χ3n) is 1.52. The number of aliphatic hydroxyl groups is 1. The first-order valence-corrected chi connectivity index (χ1v) is 3.41. The average Bonchev–Trinajstić information content (AvgIpc) is 1.94. The lowest BCUT2D eigenvalue weighted by Gasteiger charge is -2.04. The highest BCUT2D eigenvalue weighted by Gasteiger charge is 2.03. The van der Waals surface area contributed by atoms with Crippen LogP contribution in [0.1, 0.15) is 24.2 Å². The van der Waals surface area contributed by atoms with E-state index in [1.807, 2.05) is 0 Å². The van der Waals surface area contributed by atoms with Crippen LogP contribution in [-0.4, -0.2) is 10.1 Å². The molecule has 60 valence electrons. The predicted molar refractivity (Wildman–Crippen MR) is 39.6 cm³/mol. The first kappa shape index (κ1) is 8.14. The summed E-state index contributed by atoms with van der Waals surface area (Å²) in [6, 6.07) is 1.59. The van der Waals surface area contributed by atoms with Crippen molar-refractivity contribution in [2.24, 2.45) is 0 Å². The molecule has 0 aromatic carbocycles. The summed E-state index contributed by atoms with van der Waals surface area (Å²) < 4.78 is 12.6. The van der Waals surface area contributed by atoms with Gasteiger partial charge in [-0.15, -0.1) is 0 Å². The lowest BCUT2D eigenvalue weighted by molar-refractivity contribution is 0.198. The van der Waals surface area contributed by atoms with Gasteiger partial charge in [-0.25, -0.2) is 4.98 Å². The molecule has 0 aliphatic heterocycles. The van der Waals surface area contributed by atoms with Gasteiger partial charge in [0, 0.05) is 11.8 Å². The summed E-state index contributed by atoms with van der Waals surface area (Å²) in [7, 11) is 0. The van der Waals surface area contributed by atoms with Crippen LogP contribution in [0.25, 0.3) is 0 Å². The fraction of sp³-hybridized carbons (Fsp3) is 0.375. The van der Waals surface area contributed by atoms with Crippen LogP contribution in [0.5, 0.6) is 0 Å². The van der Waals surface area contributed by atoms with Crippen molar-refractivity contribution in [2.75, 3.05) is 0 Å². The van der Waals surface area contributed by atoms with Crippen LogP contribution in [0.15, 0.2) is 12.3 Å². The van der Waals surface area contributed by atoms with Crippen molar-refractivity contribution in [1.82, 2.24) is 4.98 Å². The fourth-order valence-electron chi connectivity index (χ4n) is 0.808. The van der Waals surface area contributed by atoms with E-state index in [2.05, 4.69) is 4.98 Å². The molecule has 1 N–H and O–H groups in total. The lowest BCUT2D eigenvalue weighted by Crippen LogP contribution is -1.95. The maximum atomic E-state index is 12.6. The second-order valence-corrected chi connectivity index (χ2v) is 2.55. The SMILES string of the molecule is Cc1cc(C(C)O)cnc1F. The zero-order valence-corrected chi connectivity index (χ0v) is 6.50. The molecule has 0 aliphatic carbocycles. The zero-order chi connectivity index (χ0) is 8.43. The predicted octanol–water partition coefficient (Wildman–Crippen LogP) is 1.58. The Hall–Kier alpha value is -0.960. The van der Waals surface area contributed by atoms with Crippen LogP contribution in [-0.2, 0) is 0 Å². The summed E-state index contributed by atoms with van der Waals surface area (Å²) in [5.41, 5.74) is 1.10. The summed E-state index contributed by atoms with van der Waals surface area (Å²) in [6.07, 6.45) is 0.759. The monoisotopic (exact) mass is 155 g/mol. The maximum absolute atomic E-state index is 12.6. The van der Waals surface area contributed by atoms with Crippen LogP contribution >= 0.6 is 0 Å². The Kier molecular flexibility index (Phi) is 2.19. The molecule has 0 saturated heterocycles. The number of halogens is 1. The third-order valence-corrected chi connectivity index (χ3v) is 1.52. The molecule has 1 aromatic heterocycles. The van der Waals surface area contributed by atoms with E-state index in [9.17, 15) is 4.39 Å². The van der Waals surface area contributed by atoms with E-state index in [0.29, 0.717) is 11.1 Å². The summed E-state index contributed by atoms with van der Waals surface area (Å²) in [4.78, 5) is 3.47. The molecule has 0 amide bonds. The van der Waals surface area contributed by atoms with Crippen molar-refractivity contribution >= 4 is 0 Å². The van der Waals surface area contributed by atoms with Gasteiger partial charge in [-0.1, -0.05) is 0 Å². The van der Waals surface area contributed by atoms with Gasteiger partial charge in [-0.2, -0.15) is 4.39 Å². The molecule has 0 bridgehead atoms. The van der Waals surface area contributed by atoms with Gasteiger partial charge in [0.2, 0.25) is 5.95 Å². The Morgan fingerprint density at radius 3 is 2.73 bits per heavy atom. The normalized spacial score (nSPS) is 13.1. The average molecular weight is 155 g/mol. The number of pyridine rings is 1. The topological polar surface area (TPSA) is 33.1 Å². The van der Waals surface area contributed by atoms with Gasteiger partial charge in [0.25, 0.3) is 0 Å². The van der Waals surface area contributed by atoms with Crippen LogP contribution < -0.4 is 0 Å². The second kappa shape index (κ2) is 2.96. The number of hydrogen-bond donors (Lipinski definition) is 1. The molecule has 1 unspecified atom stereocenters. The molecule has 11 heavy (non-hydrogen) atoms. The maximum Gasteiger partial charge on any atom is 0.215 e. The number of hydrogen-bond acceptors (Lipinski definition) is 2. The number of aromatic nitrogens is 1. The summed E-state index contributed by atoms with van der Waals surface area (Å²) in [5.74, 6) is -0.477. The molecule has 1 heterocycles. The Balaban J connectivity index is 3.05. The van der Waals surface area contributed by atoms with Crippen molar-refractivity contribution in [3.8, 4) is 0 Å². The summed E-state index contributed by atoms with van der Waals surface area (Å²) in [6.45, 7) is 3.24. The Morgan fingerprint density at radius 1 is 1.64 bits per heavy atom.